The van der Waals surface area contributed by atoms with Crippen molar-refractivity contribution in [3.8, 4) is 0 Å². The highest BCUT2D eigenvalue weighted by Crippen LogP contribution is 2.46. The van der Waals surface area contributed by atoms with Gasteiger partial charge in [0.1, 0.15) is 0 Å². The summed E-state index contributed by atoms with van der Waals surface area (Å²) < 4.78 is 5.08. The third kappa shape index (κ3) is 1.70. The summed E-state index contributed by atoms with van der Waals surface area (Å²) in [5, 5.41) is 0. The Morgan fingerprint density at radius 3 is 2.57 bits per heavy atom. The molecule has 1 aliphatic heterocycles. The molecule has 1 saturated heterocycles. The fourth-order valence-corrected chi connectivity index (χ4v) is 2.69. The molecule has 1 aliphatic carbocycles. The molecule has 78 valence electrons. The maximum atomic E-state index is 11.1. The van der Waals surface area contributed by atoms with Crippen molar-refractivity contribution in [2.75, 3.05) is 6.61 Å². The van der Waals surface area contributed by atoms with Crippen LogP contribution in [-0.2, 0) is 9.53 Å². The first-order chi connectivity index (χ1) is 6.61. The van der Waals surface area contributed by atoms with Gasteiger partial charge in [-0.1, -0.05) is 12.2 Å². The van der Waals surface area contributed by atoms with Gasteiger partial charge in [-0.15, -0.1) is 0 Å². The van der Waals surface area contributed by atoms with E-state index in [4.69, 9.17) is 4.74 Å². The Morgan fingerprint density at radius 2 is 2.14 bits per heavy atom. The van der Waals surface area contributed by atoms with Gasteiger partial charge in [-0.25, -0.2) is 0 Å². The van der Waals surface area contributed by atoms with Crippen LogP contribution in [0.1, 0.15) is 39.0 Å². The number of hydrogen-bond acceptors (Lipinski definition) is 2. The molecule has 1 spiro atoms. The average Bonchev–Trinajstić information content (AvgIpc) is 2.48. The summed E-state index contributed by atoms with van der Waals surface area (Å²) in [6.45, 7) is 6.78. The molecule has 0 N–H and O–H groups in total. The molecule has 0 radical (unpaired) electrons. The van der Waals surface area contributed by atoms with Crippen LogP contribution in [0.25, 0.3) is 0 Å². The molecule has 2 heteroatoms. The number of ether oxygens (including phenoxy) is 1. The minimum atomic E-state index is -0.00113. The average molecular weight is 194 g/mol. The summed E-state index contributed by atoms with van der Waals surface area (Å²) in [6.07, 6.45) is 5.29. The van der Waals surface area contributed by atoms with Crippen LogP contribution in [0.3, 0.4) is 0 Å². The van der Waals surface area contributed by atoms with Gasteiger partial charge in [-0.05, 0) is 38.5 Å². The number of carbonyl (C=O) groups is 1. The monoisotopic (exact) mass is 194 g/mol. The Hall–Kier alpha value is -0.790. The molecule has 0 aromatic heterocycles. The molecule has 0 aromatic rings. The molecule has 2 rings (SSSR count). The lowest BCUT2D eigenvalue weighted by Crippen LogP contribution is -2.28. The third-order valence-corrected chi connectivity index (χ3v) is 3.80. The first-order valence-electron chi connectivity index (χ1n) is 5.42. The summed E-state index contributed by atoms with van der Waals surface area (Å²) in [7, 11) is 0. The molecule has 0 bridgehead atoms. The van der Waals surface area contributed by atoms with E-state index in [1.54, 1.807) is 0 Å². The Labute approximate surface area is 85.3 Å². The van der Waals surface area contributed by atoms with E-state index in [0.717, 1.165) is 12.8 Å². The maximum Gasteiger partial charge on any atom is 0.306 e. The van der Waals surface area contributed by atoms with Gasteiger partial charge in [0.15, 0.2) is 0 Å². The van der Waals surface area contributed by atoms with Gasteiger partial charge in [0.05, 0.1) is 13.0 Å². The molecule has 1 heterocycles. The van der Waals surface area contributed by atoms with Gasteiger partial charge in [0.25, 0.3) is 0 Å². The van der Waals surface area contributed by atoms with E-state index >= 15 is 0 Å². The van der Waals surface area contributed by atoms with Gasteiger partial charge in [0, 0.05) is 5.41 Å². The lowest BCUT2D eigenvalue weighted by Gasteiger charge is -2.35. The molecule has 1 saturated carbocycles. The van der Waals surface area contributed by atoms with E-state index in [0.29, 0.717) is 18.9 Å². The smallest absolute Gasteiger partial charge is 0.306 e. The van der Waals surface area contributed by atoms with E-state index < -0.39 is 0 Å². The van der Waals surface area contributed by atoms with Gasteiger partial charge in [-0.3, -0.25) is 4.79 Å². The van der Waals surface area contributed by atoms with Gasteiger partial charge < -0.3 is 4.74 Å². The van der Waals surface area contributed by atoms with Crippen LogP contribution in [0.2, 0.25) is 0 Å². The number of rotatable bonds is 1. The lowest BCUT2D eigenvalue weighted by molar-refractivity contribution is -0.137. The molecule has 2 nitrogen and oxygen atoms in total. The number of carbonyl (C=O) groups excluding carboxylic acids is 1. The van der Waals surface area contributed by atoms with E-state index in [9.17, 15) is 4.79 Å². The minimum absolute atomic E-state index is 0.00113. The zero-order chi connectivity index (χ0) is 10.2. The summed E-state index contributed by atoms with van der Waals surface area (Å²) >= 11 is 0. The fraction of sp³-hybridized carbons (Fsp3) is 0.750. The summed E-state index contributed by atoms with van der Waals surface area (Å²) in [5.41, 5.74) is 1.49. The predicted octanol–water partition coefficient (Wildman–Crippen LogP) is 2.69. The fourth-order valence-electron chi connectivity index (χ4n) is 2.69. The van der Waals surface area contributed by atoms with Crippen LogP contribution in [0, 0.1) is 11.3 Å². The molecular formula is C12H18O2. The van der Waals surface area contributed by atoms with Crippen molar-refractivity contribution in [1.82, 2.24) is 0 Å². The lowest BCUT2D eigenvalue weighted by atomic mass is 9.69. The van der Waals surface area contributed by atoms with Gasteiger partial charge in [-0.2, -0.15) is 0 Å². The largest absolute Gasteiger partial charge is 0.465 e. The zero-order valence-electron chi connectivity index (χ0n) is 8.84. The van der Waals surface area contributed by atoms with E-state index in [2.05, 4.69) is 13.5 Å². The van der Waals surface area contributed by atoms with E-state index in [1.165, 1.54) is 18.4 Å². The van der Waals surface area contributed by atoms with Crippen LogP contribution >= 0.6 is 0 Å². The van der Waals surface area contributed by atoms with Crippen molar-refractivity contribution in [2.24, 2.45) is 11.3 Å². The van der Waals surface area contributed by atoms with E-state index in [-0.39, 0.29) is 11.4 Å². The zero-order valence-corrected chi connectivity index (χ0v) is 8.84. The van der Waals surface area contributed by atoms with E-state index in [1.807, 2.05) is 0 Å². The van der Waals surface area contributed by atoms with Crippen molar-refractivity contribution in [1.29, 1.82) is 0 Å². The maximum absolute atomic E-state index is 11.1. The van der Waals surface area contributed by atoms with Crippen molar-refractivity contribution in [2.45, 2.75) is 39.0 Å². The van der Waals surface area contributed by atoms with Gasteiger partial charge >= 0.3 is 5.97 Å². The van der Waals surface area contributed by atoms with Crippen LogP contribution < -0.4 is 0 Å². The topological polar surface area (TPSA) is 26.3 Å². The number of esters is 1. The molecule has 0 unspecified atom stereocenters. The van der Waals surface area contributed by atoms with Crippen LogP contribution in [0.4, 0.5) is 0 Å². The normalized spacial score (nSPS) is 37.2. The quantitative estimate of drug-likeness (QED) is 0.474. The van der Waals surface area contributed by atoms with Crippen LogP contribution in [-0.4, -0.2) is 12.6 Å². The number of cyclic esters (lactones) is 1. The third-order valence-electron chi connectivity index (χ3n) is 3.80. The Kier molecular flexibility index (Phi) is 2.38. The second-order valence-electron chi connectivity index (χ2n) is 4.96. The standard InChI is InChI=1S/C12H18O2/c1-9(2)10-3-5-12(6-4-10)7-11(13)14-8-12/h10H,1,3-8H2,2H3. The molecule has 0 amide bonds. The van der Waals surface area contributed by atoms with Crippen LogP contribution in [0.15, 0.2) is 12.2 Å². The Balaban J connectivity index is 1.95. The number of hydrogen-bond donors (Lipinski definition) is 0. The van der Waals surface area contributed by atoms with Crippen molar-refractivity contribution in [3.05, 3.63) is 12.2 Å². The summed E-state index contributed by atoms with van der Waals surface area (Å²) in [6, 6.07) is 0. The second-order valence-corrected chi connectivity index (χ2v) is 4.96. The summed E-state index contributed by atoms with van der Waals surface area (Å²) in [4.78, 5) is 11.1. The first-order valence-corrected chi connectivity index (χ1v) is 5.42. The molecular weight excluding hydrogens is 176 g/mol. The molecule has 14 heavy (non-hydrogen) atoms. The molecule has 2 aliphatic rings. The Bertz CT molecular complexity index is 259. The van der Waals surface area contributed by atoms with Crippen LogP contribution in [0.5, 0.6) is 0 Å². The van der Waals surface area contributed by atoms with Crippen molar-refractivity contribution in [3.63, 3.8) is 0 Å². The SMILES string of the molecule is C=C(C)C1CCC2(CC1)COC(=O)C2. The van der Waals surface area contributed by atoms with Crippen molar-refractivity contribution >= 4 is 5.97 Å². The molecule has 0 atom stereocenters. The predicted molar refractivity (Wildman–Crippen MR) is 54.8 cm³/mol. The summed E-state index contributed by atoms with van der Waals surface area (Å²) in [5.74, 6) is 0.676. The second kappa shape index (κ2) is 3.41. The highest BCUT2D eigenvalue weighted by molar-refractivity contribution is 5.72. The highest BCUT2D eigenvalue weighted by atomic mass is 16.5. The molecule has 0 aromatic carbocycles. The van der Waals surface area contributed by atoms with Crippen molar-refractivity contribution < 1.29 is 9.53 Å². The minimum Gasteiger partial charge on any atom is -0.465 e. The molecule has 2 fully saturated rings. The first kappa shape index (κ1) is 9.75. The van der Waals surface area contributed by atoms with Gasteiger partial charge in [0.2, 0.25) is 0 Å². The Morgan fingerprint density at radius 1 is 1.50 bits per heavy atom. The highest BCUT2D eigenvalue weighted by Gasteiger charge is 2.42. The number of allylic oxidation sites excluding steroid dienone is 1.